The Labute approximate surface area is 97.6 Å². The number of anilines is 1. The summed E-state index contributed by atoms with van der Waals surface area (Å²) in [5.41, 5.74) is 5.91. The van der Waals surface area contributed by atoms with Crippen molar-refractivity contribution in [3.63, 3.8) is 0 Å². The molecular formula is C11H11FN2OS. The van der Waals surface area contributed by atoms with E-state index in [4.69, 9.17) is 12.2 Å². The Bertz CT molecular complexity index is 428. The normalized spacial score (nSPS) is 9.50. The van der Waals surface area contributed by atoms with E-state index in [-0.39, 0.29) is 18.2 Å². The lowest BCUT2D eigenvalue weighted by atomic mass is 10.3. The van der Waals surface area contributed by atoms with Crippen LogP contribution in [-0.4, -0.2) is 18.2 Å². The van der Waals surface area contributed by atoms with Crippen molar-refractivity contribution in [2.24, 2.45) is 0 Å². The van der Waals surface area contributed by atoms with Gasteiger partial charge in [-0.15, -0.1) is 18.2 Å². The zero-order valence-electron chi connectivity index (χ0n) is 8.50. The van der Waals surface area contributed by atoms with Crippen LogP contribution in [0.1, 0.15) is 0 Å². The lowest BCUT2D eigenvalue weighted by Gasteiger charge is -2.05. The molecule has 3 N–H and O–H groups in total. The Morgan fingerprint density at radius 1 is 1.62 bits per heavy atom. The van der Waals surface area contributed by atoms with Gasteiger partial charge in [-0.2, -0.15) is 0 Å². The van der Waals surface area contributed by atoms with Crippen LogP contribution in [-0.2, 0) is 4.79 Å². The molecule has 0 radical (unpaired) electrons. The molecule has 5 heteroatoms. The maximum absolute atomic E-state index is 12.7. The van der Waals surface area contributed by atoms with Crippen molar-refractivity contribution in [3.8, 4) is 12.3 Å². The van der Waals surface area contributed by atoms with E-state index in [0.717, 1.165) is 0 Å². The molecule has 1 amide bonds. The summed E-state index contributed by atoms with van der Waals surface area (Å²) in [6.45, 7) is 0.207. The van der Waals surface area contributed by atoms with Crippen molar-refractivity contribution in [1.82, 2.24) is 5.32 Å². The van der Waals surface area contributed by atoms with E-state index in [2.05, 4.69) is 11.2 Å². The third-order valence-electron chi connectivity index (χ3n) is 1.72. The van der Waals surface area contributed by atoms with E-state index < -0.39 is 5.82 Å². The van der Waals surface area contributed by atoms with Gasteiger partial charge in [0.15, 0.2) is 0 Å². The fourth-order valence-electron chi connectivity index (χ4n) is 0.995. The third-order valence-corrected chi connectivity index (χ3v) is 2.81. The van der Waals surface area contributed by atoms with Gasteiger partial charge in [-0.25, -0.2) is 4.39 Å². The Hall–Kier alpha value is -1.67. The minimum Gasteiger partial charge on any atom is -0.398 e. The Morgan fingerprint density at radius 3 is 3.00 bits per heavy atom. The lowest BCUT2D eigenvalue weighted by molar-refractivity contribution is -0.118. The number of hydrogen-bond acceptors (Lipinski definition) is 3. The summed E-state index contributed by atoms with van der Waals surface area (Å²) in [5.74, 6) is 1.94. The molecule has 0 saturated carbocycles. The second-order valence-corrected chi connectivity index (χ2v) is 3.97. The zero-order valence-corrected chi connectivity index (χ0v) is 9.31. The van der Waals surface area contributed by atoms with Crippen molar-refractivity contribution in [1.29, 1.82) is 0 Å². The molecule has 1 aromatic rings. The van der Waals surface area contributed by atoms with Crippen LogP contribution in [0.25, 0.3) is 0 Å². The number of thioether (sulfide) groups is 1. The molecule has 0 aliphatic heterocycles. The molecule has 16 heavy (non-hydrogen) atoms. The first-order valence-corrected chi connectivity index (χ1v) is 5.50. The fraction of sp³-hybridized carbons (Fsp3) is 0.182. The second-order valence-electron chi connectivity index (χ2n) is 2.95. The first-order valence-electron chi connectivity index (χ1n) is 4.51. The topological polar surface area (TPSA) is 55.1 Å². The lowest BCUT2D eigenvalue weighted by Crippen LogP contribution is -2.25. The number of hydrogen-bond donors (Lipinski definition) is 2. The number of nitrogen functional groups attached to an aromatic ring is 1. The Kier molecular flexibility index (Phi) is 4.67. The van der Waals surface area contributed by atoms with Crippen LogP contribution in [0.4, 0.5) is 10.1 Å². The quantitative estimate of drug-likeness (QED) is 0.471. The Morgan fingerprint density at radius 2 is 2.38 bits per heavy atom. The molecule has 0 aliphatic carbocycles. The molecule has 0 aliphatic rings. The monoisotopic (exact) mass is 238 g/mol. The van der Waals surface area contributed by atoms with Crippen LogP contribution in [0.3, 0.4) is 0 Å². The number of nitrogens with two attached hydrogens (primary N) is 1. The van der Waals surface area contributed by atoms with Gasteiger partial charge in [0.2, 0.25) is 5.91 Å². The standard InChI is InChI=1S/C11H11FN2OS/c1-2-5-14-11(15)7-16-10-4-3-8(12)6-9(10)13/h1,3-4,6H,5,7,13H2,(H,14,15). The summed E-state index contributed by atoms with van der Waals surface area (Å²) in [4.78, 5) is 11.9. The highest BCUT2D eigenvalue weighted by molar-refractivity contribution is 8.00. The van der Waals surface area contributed by atoms with Crippen molar-refractivity contribution < 1.29 is 9.18 Å². The van der Waals surface area contributed by atoms with Gasteiger partial charge in [0, 0.05) is 10.6 Å². The molecule has 3 nitrogen and oxygen atoms in total. The van der Waals surface area contributed by atoms with Gasteiger partial charge in [0.1, 0.15) is 5.82 Å². The van der Waals surface area contributed by atoms with Crippen molar-refractivity contribution in [2.45, 2.75) is 4.90 Å². The molecule has 0 spiro atoms. The SMILES string of the molecule is C#CCNC(=O)CSc1ccc(F)cc1N. The van der Waals surface area contributed by atoms with Crippen LogP contribution < -0.4 is 11.1 Å². The average Bonchev–Trinajstić information content (AvgIpc) is 2.25. The smallest absolute Gasteiger partial charge is 0.231 e. The van der Waals surface area contributed by atoms with Crippen LogP contribution in [0.2, 0.25) is 0 Å². The van der Waals surface area contributed by atoms with Crippen LogP contribution in [0.5, 0.6) is 0 Å². The number of carbonyl (C=O) groups is 1. The molecule has 0 fully saturated rings. The predicted molar refractivity (Wildman–Crippen MR) is 63.4 cm³/mol. The Balaban J connectivity index is 2.49. The van der Waals surface area contributed by atoms with Crippen molar-refractivity contribution >= 4 is 23.4 Å². The first kappa shape index (κ1) is 12.4. The molecule has 0 unspecified atom stereocenters. The van der Waals surface area contributed by atoms with E-state index >= 15 is 0 Å². The van der Waals surface area contributed by atoms with Crippen LogP contribution >= 0.6 is 11.8 Å². The number of rotatable bonds is 4. The maximum Gasteiger partial charge on any atom is 0.231 e. The summed E-state index contributed by atoms with van der Waals surface area (Å²) < 4.78 is 12.7. The minimum absolute atomic E-state index is 0.174. The van der Waals surface area contributed by atoms with Gasteiger partial charge >= 0.3 is 0 Å². The van der Waals surface area contributed by atoms with E-state index in [1.54, 1.807) is 6.07 Å². The van der Waals surface area contributed by atoms with E-state index in [1.807, 2.05) is 0 Å². The molecule has 0 bridgehead atoms. The number of amides is 1. The highest BCUT2D eigenvalue weighted by Gasteiger charge is 2.05. The van der Waals surface area contributed by atoms with Gasteiger partial charge in [-0.05, 0) is 18.2 Å². The predicted octanol–water partition coefficient (Wildman–Crippen LogP) is 1.25. The highest BCUT2D eigenvalue weighted by atomic mass is 32.2. The van der Waals surface area contributed by atoms with Gasteiger partial charge in [0.25, 0.3) is 0 Å². The summed E-state index contributed by atoms with van der Waals surface area (Å²) in [5, 5.41) is 2.52. The first-order chi connectivity index (χ1) is 7.63. The second kappa shape index (κ2) is 6.03. The molecule has 1 rings (SSSR count). The molecule has 0 aromatic heterocycles. The number of nitrogens with one attached hydrogen (secondary N) is 1. The van der Waals surface area contributed by atoms with E-state index in [9.17, 15) is 9.18 Å². The van der Waals surface area contributed by atoms with Crippen molar-refractivity contribution in [2.75, 3.05) is 18.0 Å². The van der Waals surface area contributed by atoms with E-state index in [0.29, 0.717) is 10.6 Å². The number of halogens is 1. The van der Waals surface area contributed by atoms with Gasteiger partial charge in [-0.1, -0.05) is 5.92 Å². The van der Waals surface area contributed by atoms with Crippen molar-refractivity contribution in [3.05, 3.63) is 24.0 Å². The molecular weight excluding hydrogens is 227 g/mol. The molecule has 0 atom stereocenters. The number of carbonyl (C=O) groups excluding carboxylic acids is 1. The summed E-state index contributed by atoms with van der Waals surface area (Å²) in [7, 11) is 0. The summed E-state index contributed by atoms with van der Waals surface area (Å²) in [6.07, 6.45) is 4.99. The number of terminal acetylenes is 1. The van der Waals surface area contributed by atoms with Crippen LogP contribution in [0, 0.1) is 18.2 Å². The number of benzene rings is 1. The third kappa shape index (κ3) is 3.83. The van der Waals surface area contributed by atoms with E-state index in [1.165, 1.54) is 23.9 Å². The molecule has 0 heterocycles. The summed E-state index contributed by atoms with van der Waals surface area (Å²) in [6, 6.07) is 4.07. The van der Waals surface area contributed by atoms with Gasteiger partial charge < -0.3 is 11.1 Å². The zero-order chi connectivity index (χ0) is 12.0. The summed E-state index contributed by atoms with van der Waals surface area (Å²) >= 11 is 1.24. The largest absolute Gasteiger partial charge is 0.398 e. The highest BCUT2D eigenvalue weighted by Crippen LogP contribution is 2.25. The molecule has 1 aromatic carbocycles. The molecule has 0 saturated heterocycles. The van der Waals surface area contributed by atoms with Crippen LogP contribution in [0.15, 0.2) is 23.1 Å². The van der Waals surface area contributed by atoms with Gasteiger partial charge in [-0.3, -0.25) is 4.79 Å². The minimum atomic E-state index is -0.390. The molecule has 84 valence electrons. The fourth-order valence-corrected chi connectivity index (χ4v) is 1.77. The maximum atomic E-state index is 12.7. The van der Waals surface area contributed by atoms with Gasteiger partial charge in [0.05, 0.1) is 12.3 Å². The average molecular weight is 238 g/mol.